The Morgan fingerprint density at radius 1 is 1.20 bits per heavy atom. The molecule has 0 aromatic heterocycles. The quantitative estimate of drug-likeness (QED) is 0.167. The number of primary amides is 1. The van der Waals surface area contributed by atoms with Crippen LogP contribution in [0.25, 0.3) is 5.76 Å². The second kappa shape index (κ2) is 11.0. The Hall–Kier alpha value is -3.82. The van der Waals surface area contributed by atoms with Gasteiger partial charge in [0.2, 0.25) is 11.7 Å². The number of likely N-dealkylation sites (N-methyl/N-ethyl adjacent to an activating group) is 1. The molecule has 0 spiro atoms. The van der Waals surface area contributed by atoms with Crippen molar-refractivity contribution in [3.05, 3.63) is 40.2 Å². The summed E-state index contributed by atoms with van der Waals surface area (Å²) in [5.41, 5.74) is 0.899. The Kier molecular flexibility index (Phi) is 7.87. The van der Waals surface area contributed by atoms with Gasteiger partial charge in [0.15, 0.2) is 11.4 Å². The van der Waals surface area contributed by atoms with Gasteiger partial charge in [-0.2, -0.15) is 5.06 Å². The summed E-state index contributed by atoms with van der Waals surface area (Å²) in [6.07, 6.45) is -1.29. The number of nitrogens with zero attached hydrogens (tertiary/aromatic N) is 2. The maximum absolute atomic E-state index is 14.1. The number of nitrogens with one attached hydrogen (secondary N) is 1. The smallest absolute Gasteiger partial charge is 0.255 e. The number of fused-ring (bicyclic) bond motifs is 3. The van der Waals surface area contributed by atoms with Crippen molar-refractivity contribution in [2.75, 3.05) is 32.6 Å². The summed E-state index contributed by atoms with van der Waals surface area (Å²) in [5.74, 6) is -10.1. The van der Waals surface area contributed by atoms with Gasteiger partial charge in [-0.3, -0.25) is 28.9 Å². The number of nitrogens with two attached hydrogens (primary N) is 1. The van der Waals surface area contributed by atoms with Crippen LogP contribution < -0.4 is 11.1 Å². The van der Waals surface area contributed by atoms with Crippen LogP contribution in [0.1, 0.15) is 44.2 Å². The van der Waals surface area contributed by atoms with Gasteiger partial charge in [-0.15, -0.1) is 0 Å². The number of aliphatic hydroxyl groups is 4. The Labute approximate surface area is 253 Å². The number of ketones is 2. The third-order valence-electron chi connectivity index (χ3n) is 9.44. The zero-order chi connectivity index (χ0) is 32.6. The third kappa shape index (κ3) is 4.35. The number of hydrogen-bond donors (Lipinski definition) is 7. The summed E-state index contributed by atoms with van der Waals surface area (Å²) in [6.45, 7) is 6.45. The Morgan fingerprint density at radius 2 is 1.86 bits per heavy atom. The molecule has 2 fully saturated rings. The molecule has 2 amide bonds. The minimum atomic E-state index is -3.01. The summed E-state index contributed by atoms with van der Waals surface area (Å²) in [7, 11) is 2.88. The minimum absolute atomic E-state index is 0.0627. The van der Waals surface area contributed by atoms with Crippen LogP contribution in [0.3, 0.4) is 0 Å². The van der Waals surface area contributed by atoms with Crippen molar-refractivity contribution in [2.45, 2.75) is 56.9 Å². The van der Waals surface area contributed by atoms with Crippen LogP contribution >= 0.6 is 0 Å². The molecule has 1 aliphatic heterocycles. The molecule has 6 unspecified atom stereocenters. The predicted octanol–water partition coefficient (Wildman–Crippen LogP) is 0.0962. The van der Waals surface area contributed by atoms with Crippen LogP contribution in [0.15, 0.2) is 29.0 Å². The van der Waals surface area contributed by atoms with Crippen molar-refractivity contribution >= 4 is 34.8 Å². The normalized spacial score (nSPS) is 32.8. The van der Waals surface area contributed by atoms with Gasteiger partial charge in [-0.05, 0) is 44.0 Å². The number of carbonyl (C=O) groups is 4. The molecule has 8 atom stereocenters. The lowest BCUT2D eigenvalue weighted by molar-refractivity contribution is -0.169. The molecule has 44 heavy (non-hydrogen) atoms. The van der Waals surface area contributed by atoms with Gasteiger partial charge < -0.3 is 36.6 Å². The van der Waals surface area contributed by atoms with Gasteiger partial charge in [0.1, 0.15) is 28.9 Å². The molecule has 238 valence electrons. The summed E-state index contributed by atoms with van der Waals surface area (Å²) in [5, 5.41) is 61.6. The number of aromatic hydroxyl groups is 1. The van der Waals surface area contributed by atoms with Crippen LogP contribution in [-0.4, -0.2) is 110 Å². The van der Waals surface area contributed by atoms with E-state index >= 15 is 0 Å². The topological polar surface area (TPSA) is 223 Å². The average Bonchev–Trinajstić information content (AvgIpc) is 3.37. The fourth-order valence-corrected chi connectivity index (χ4v) is 7.31. The van der Waals surface area contributed by atoms with Crippen molar-refractivity contribution in [3.63, 3.8) is 0 Å². The number of anilines is 1. The number of amides is 2. The fraction of sp³-hybridized carbons (Fsp3) is 0.533. The summed E-state index contributed by atoms with van der Waals surface area (Å²) < 4.78 is 0. The molecule has 14 nitrogen and oxygen atoms in total. The Bertz CT molecular complexity index is 1520. The molecule has 5 rings (SSSR count). The number of carbonyl (C=O) groups excluding carboxylic acids is 4. The van der Waals surface area contributed by atoms with E-state index in [0.717, 1.165) is 0 Å². The standard InChI is InChI=1S/C30H38N4O10/c1-6-15(34-9-11(2)10-44-34)29(42)32-14-8-7-13-12(3)16-18(23(36)17(13)22(14)35)26(39)30(43)20(24(16)37)21(33(4)5)25(38)19(27(30)40)28(31)41/h7-8,11-12,15-16,20-21,24,35-37,40,43H,6,9-10H2,1-5H3,(H2,31,41)(H,32,42)/t11?,12?,15?,16?,20?,21-,24?,30-/m0/s1. The van der Waals surface area contributed by atoms with Crippen molar-refractivity contribution in [2.24, 2.45) is 23.5 Å². The molecule has 1 aromatic rings. The van der Waals surface area contributed by atoms with Gasteiger partial charge in [-0.1, -0.05) is 26.8 Å². The highest BCUT2D eigenvalue weighted by Crippen LogP contribution is 2.56. The summed E-state index contributed by atoms with van der Waals surface area (Å²) in [6, 6.07) is 0.872. The fourth-order valence-electron chi connectivity index (χ4n) is 7.31. The number of phenols is 1. The van der Waals surface area contributed by atoms with Crippen molar-refractivity contribution in [1.82, 2.24) is 9.96 Å². The van der Waals surface area contributed by atoms with E-state index in [4.69, 9.17) is 10.6 Å². The SMILES string of the molecule is CCC(C(=O)Nc1ccc2c(c1O)C(O)=C1C(=O)[C@]3(O)C(O)=C(C(N)=O)C(=O)[C@@H](N(C)C)C3C(O)C1C2C)N1CC(C)CO1. The zero-order valence-electron chi connectivity index (χ0n) is 25.1. The van der Waals surface area contributed by atoms with Crippen molar-refractivity contribution < 1.29 is 49.5 Å². The lowest BCUT2D eigenvalue weighted by Crippen LogP contribution is -2.70. The first-order valence-electron chi connectivity index (χ1n) is 14.5. The third-order valence-corrected chi connectivity index (χ3v) is 9.44. The number of aliphatic hydroxyl groups excluding tert-OH is 3. The van der Waals surface area contributed by atoms with Crippen LogP contribution in [-0.2, 0) is 24.0 Å². The highest BCUT2D eigenvalue weighted by atomic mass is 16.7. The maximum Gasteiger partial charge on any atom is 0.255 e. The molecular weight excluding hydrogens is 576 g/mol. The van der Waals surface area contributed by atoms with E-state index in [0.29, 0.717) is 25.1 Å². The van der Waals surface area contributed by atoms with Gasteiger partial charge in [-0.25, -0.2) is 0 Å². The summed E-state index contributed by atoms with van der Waals surface area (Å²) >= 11 is 0. The molecule has 3 aliphatic carbocycles. The molecule has 4 aliphatic rings. The van der Waals surface area contributed by atoms with E-state index in [1.807, 2.05) is 13.8 Å². The molecule has 1 aromatic carbocycles. The second-order valence-corrected chi connectivity index (χ2v) is 12.4. The van der Waals surface area contributed by atoms with Gasteiger partial charge >= 0.3 is 0 Å². The first kappa shape index (κ1) is 31.6. The molecule has 8 N–H and O–H groups in total. The number of hydroxylamine groups is 2. The van der Waals surface area contributed by atoms with Gasteiger partial charge in [0, 0.05) is 18.0 Å². The number of hydrogen-bond acceptors (Lipinski definition) is 12. The van der Waals surface area contributed by atoms with E-state index in [1.165, 1.54) is 31.1 Å². The molecular formula is C30H38N4O10. The molecule has 14 heteroatoms. The highest BCUT2D eigenvalue weighted by Gasteiger charge is 2.68. The van der Waals surface area contributed by atoms with E-state index in [9.17, 15) is 44.7 Å². The first-order valence-corrected chi connectivity index (χ1v) is 14.5. The average molecular weight is 615 g/mol. The number of Topliss-reactive ketones (excluding diaryl/α,β-unsaturated/α-hetero) is 2. The number of rotatable bonds is 6. The van der Waals surface area contributed by atoms with Crippen LogP contribution in [0, 0.1) is 17.8 Å². The van der Waals surface area contributed by atoms with Crippen LogP contribution in [0.5, 0.6) is 5.75 Å². The molecule has 1 saturated heterocycles. The molecule has 0 bridgehead atoms. The van der Waals surface area contributed by atoms with E-state index in [1.54, 1.807) is 12.0 Å². The first-order chi connectivity index (χ1) is 20.6. The van der Waals surface area contributed by atoms with Gasteiger partial charge in [0.25, 0.3) is 5.91 Å². The van der Waals surface area contributed by atoms with Gasteiger partial charge in [0.05, 0.1) is 35.9 Å². The van der Waals surface area contributed by atoms with E-state index < -0.39 is 93.3 Å². The lowest BCUT2D eigenvalue weighted by Gasteiger charge is -2.53. The summed E-state index contributed by atoms with van der Waals surface area (Å²) in [4.78, 5) is 59.7. The zero-order valence-corrected chi connectivity index (χ0v) is 25.1. The predicted molar refractivity (Wildman–Crippen MR) is 155 cm³/mol. The lowest BCUT2D eigenvalue weighted by atomic mass is 9.54. The molecule has 1 heterocycles. The minimum Gasteiger partial charge on any atom is -0.508 e. The van der Waals surface area contributed by atoms with Crippen molar-refractivity contribution in [3.8, 4) is 5.75 Å². The molecule has 0 radical (unpaired) electrons. The van der Waals surface area contributed by atoms with Crippen LogP contribution in [0.4, 0.5) is 5.69 Å². The number of phenolic OH excluding ortho intramolecular Hbond substituents is 1. The van der Waals surface area contributed by atoms with E-state index in [2.05, 4.69) is 5.32 Å². The van der Waals surface area contributed by atoms with E-state index in [-0.39, 0.29) is 17.2 Å². The monoisotopic (exact) mass is 614 g/mol. The largest absolute Gasteiger partial charge is 0.508 e. The highest BCUT2D eigenvalue weighted by molar-refractivity contribution is 6.24. The van der Waals surface area contributed by atoms with Crippen LogP contribution in [0.2, 0.25) is 0 Å². The Morgan fingerprint density at radius 3 is 2.41 bits per heavy atom. The number of benzene rings is 1. The maximum atomic E-state index is 14.1. The Balaban J connectivity index is 1.62. The molecule has 1 saturated carbocycles. The van der Waals surface area contributed by atoms with Crippen molar-refractivity contribution in [1.29, 1.82) is 0 Å². The second-order valence-electron chi connectivity index (χ2n) is 12.4.